The van der Waals surface area contributed by atoms with E-state index in [1.807, 2.05) is 6.07 Å². The van der Waals surface area contributed by atoms with Crippen molar-refractivity contribution in [3.63, 3.8) is 0 Å². The number of carbonyl (C=O) groups excluding carboxylic acids is 1. The van der Waals surface area contributed by atoms with Gasteiger partial charge in [0.2, 0.25) is 5.91 Å². The van der Waals surface area contributed by atoms with Crippen molar-refractivity contribution in [2.45, 2.75) is 17.6 Å². The number of benzene rings is 3. The van der Waals surface area contributed by atoms with Crippen LogP contribution in [0.15, 0.2) is 89.8 Å². The molecule has 0 bridgehead atoms. The molecule has 0 spiro atoms. The number of hydrogen-bond acceptors (Lipinski definition) is 3. The molecule has 0 atom stereocenters. The molecule has 0 aliphatic heterocycles. The Kier molecular flexibility index (Phi) is 6.65. The molecule has 31 heavy (non-hydrogen) atoms. The molecule has 5 nitrogen and oxygen atoms in total. The van der Waals surface area contributed by atoms with Crippen LogP contribution in [0.4, 0.5) is 18.9 Å². The summed E-state index contributed by atoms with van der Waals surface area (Å²) < 4.78 is 66.5. The van der Waals surface area contributed by atoms with Crippen LogP contribution in [0.25, 0.3) is 0 Å². The molecule has 3 rings (SSSR count). The zero-order chi connectivity index (χ0) is 22.5. The highest BCUT2D eigenvalue weighted by Crippen LogP contribution is 2.33. The van der Waals surface area contributed by atoms with Crippen LogP contribution in [0, 0.1) is 0 Å². The molecule has 3 aromatic rings. The summed E-state index contributed by atoms with van der Waals surface area (Å²) in [4.78, 5) is 12.4. The Bertz CT molecular complexity index is 1140. The summed E-state index contributed by atoms with van der Waals surface area (Å²) in [6.07, 6.45) is -4.66. The third-order valence-corrected chi connectivity index (χ3v) is 6.20. The van der Waals surface area contributed by atoms with Crippen LogP contribution in [0.1, 0.15) is 11.1 Å². The lowest BCUT2D eigenvalue weighted by Crippen LogP contribution is -2.40. The van der Waals surface area contributed by atoms with Crippen molar-refractivity contribution < 1.29 is 26.4 Å². The zero-order valence-corrected chi connectivity index (χ0v) is 17.0. The number of nitrogens with zero attached hydrogens (tertiary/aromatic N) is 1. The predicted molar refractivity (Wildman–Crippen MR) is 111 cm³/mol. The second kappa shape index (κ2) is 9.22. The van der Waals surface area contributed by atoms with Gasteiger partial charge in [0.1, 0.15) is 6.54 Å². The third kappa shape index (κ3) is 5.64. The minimum atomic E-state index is -4.66. The van der Waals surface area contributed by atoms with Crippen LogP contribution in [0.2, 0.25) is 0 Å². The lowest BCUT2D eigenvalue weighted by atomic mass is 10.2. The van der Waals surface area contributed by atoms with Crippen molar-refractivity contribution in [3.05, 3.63) is 96.1 Å². The van der Waals surface area contributed by atoms with Gasteiger partial charge in [-0.15, -0.1) is 0 Å². The van der Waals surface area contributed by atoms with E-state index < -0.39 is 34.2 Å². The highest BCUT2D eigenvalue weighted by atomic mass is 32.2. The van der Waals surface area contributed by atoms with E-state index in [4.69, 9.17) is 0 Å². The Labute approximate surface area is 178 Å². The normalized spacial score (nSPS) is 11.7. The van der Waals surface area contributed by atoms with Gasteiger partial charge in [-0.3, -0.25) is 9.10 Å². The second-order valence-electron chi connectivity index (χ2n) is 6.64. The standard InChI is InChI=1S/C22H19F3N2O3S/c23-22(24,25)18-10-7-11-19(14-18)27(31(29,30)20-12-5-2-6-13-20)16-21(28)26-15-17-8-3-1-4-9-17/h1-14H,15-16H2,(H,26,28). The van der Waals surface area contributed by atoms with Crippen molar-refractivity contribution in [2.75, 3.05) is 10.8 Å². The SMILES string of the molecule is O=C(CN(c1cccc(C(F)(F)F)c1)S(=O)(=O)c1ccccc1)NCc1ccccc1. The third-order valence-electron chi connectivity index (χ3n) is 4.41. The minimum absolute atomic E-state index is 0.136. The van der Waals surface area contributed by atoms with Gasteiger partial charge < -0.3 is 5.32 Å². The van der Waals surface area contributed by atoms with Gasteiger partial charge in [0.05, 0.1) is 16.1 Å². The fourth-order valence-corrected chi connectivity index (χ4v) is 4.29. The van der Waals surface area contributed by atoms with Crippen molar-refractivity contribution >= 4 is 21.6 Å². The second-order valence-corrected chi connectivity index (χ2v) is 8.50. The van der Waals surface area contributed by atoms with Gasteiger partial charge in [-0.05, 0) is 35.9 Å². The molecule has 0 heterocycles. The molecule has 0 saturated heterocycles. The molecule has 3 aromatic carbocycles. The van der Waals surface area contributed by atoms with E-state index in [2.05, 4.69) is 5.32 Å². The number of hydrogen-bond donors (Lipinski definition) is 1. The number of anilines is 1. The first-order valence-corrected chi connectivity index (χ1v) is 10.7. The van der Waals surface area contributed by atoms with Gasteiger partial charge in [-0.25, -0.2) is 8.42 Å². The maximum Gasteiger partial charge on any atom is 0.416 e. The quantitative estimate of drug-likeness (QED) is 0.589. The van der Waals surface area contributed by atoms with Crippen molar-refractivity contribution in [3.8, 4) is 0 Å². The van der Waals surface area contributed by atoms with E-state index in [0.717, 1.165) is 17.7 Å². The Morgan fingerprint density at radius 2 is 1.48 bits per heavy atom. The Balaban J connectivity index is 1.92. The molecular weight excluding hydrogens is 429 g/mol. The van der Waals surface area contributed by atoms with Crippen LogP contribution < -0.4 is 9.62 Å². The van der Waals surface area contributed by atoms with Crippen LogP contribution >= 0.6 is 0 Å². The van der Waals surface area contributed by atoms with Gasteiger partial charge in [0.15, 0.2) is 0 Å². The van der Waals surface area contributed by atoms with Gasteiger partial charge in [0.25, 0.3) is 10.0 Å². The number of rotatable bonds is 7. The number of sulfonamides is 1. The van der Waals surface area contributed by atoms with Gasteiger partial charge in [-0.2, -0.15) is 13.2 Å². The Morgan fingerprint density at radius 1 is 0.871 bits per heavy atom. The Hall–Kier alpha value is -3.33. The van der Waals surface area contributed by atoms with E-state index in [0.29, 0.717) is 10.4 Å². The molecule has 162 valence electrons. The minimum Gasteiger partial charge on any atom is -0.350 e. The van der Waals surface area contributed by atoms with Crippen LogP contribution in [0.3, 0.4) is 0 Å². The summed E-state index contributed by atoms with van der Waals surface area (Å²) in [6, 6.07) is 20.1. The first kappa shape index (κ1) is 22.4. The van der Waals surface area contributed by atoms with E-state index in [1.54, 1.807) is 30.3 Å². The van der Waals surface area contributed by atoms with Crippen LogP contribution in [0.5, 0.6) is 0 Å². The molecule has 0 aliphatic carbocycles. The fourth-order valence-electron chi connectivity index (χ4n) is 2.85. The number of carbonyl (C=O) groups is 1. The first-order chi connectivity index (χ1) is 14.7. The van der Waals surface area contributed by atoms with E-state index in [-0.39, 0.29) is 17.1 Å². The highest BCUT2D eigenvalue weighted by Gasteiger charge is 2.33. The van der Waals surface area contributed by atoms with E-state index in [9.17, 15) is 26.4 Å². The number of alkyl halides is 3. The lowest BCUT2D eigenvalue weighted by Gasteiger charge is -2.25. The van der Waals surface area contributed by atoms with E-state index in [1.165, 1.54) is 30.3 Å². The summed E-state index contributed by atoms with van der Waals surface area (Å²) in [7, 11) is -4.29. The molecule has 0 radical (unpaired) electrons. The van der Waals surface area contributed by atoms with Gasteiger partial charge in [-0.1, -0.05) is 54.6 Å². The summed E-state index contributed by atoms with van der Waals surface area (Å²) in [6.45, 7) is -0.521. The summed E-state index contributed by atoms with van der Waals surface area (Å²) >= 11 is 0. The topological polar surface area (TPSA) is 66.5 Å². The number of halogens is 3. The van der Waals surface area contributed by atoms with Crippen molar-refractivity contribution in [1.29, 1.82) is 0 Å². The highest BCUT2D eigenvalue weighted by molar-refractivity contribution is 7.92. The molecule has 9 heteroatoms. The molecule has 0 fully saturated rings. The maximum atomic E-state index is 13.2. The molecule has 0 unspecified atom stereocenters. The van der Waals surface area contributed by atoms with Crippen LogP contribution in [-0.2, 0) is 27.5 Å². The predicted octanol–water partition coefficient (Wildman–Crippen LogP) is 4.22. The molecule has 0 aromatic heterocycles. The zero-order valence-electron chi connectivity index (χ0n) is 16.2. The maximum absolute atomic E-state index is 13.2. The lowest BCUT2D eigenvalue weighted by molar-refractivity contribution is -0.137. The fraction of sp³-hybridized carbons (Fsp3) is 0.136. The molecule has 1 amide bonds. The summed E-state index contributed by atoms with van der Waals surface area (Å²) in [5.74, 6) is -0.652. The van der Waals surface area contributed by atoms with Gasteiger partial charge >= 0.3 is 6.18 Å². The van der Waals surface area contributed by atoms with Crippen LogP contribution in [-0.4, -0.2) is 20.9 Å². The van der Waals surface area contributed by atoms with Crippen molar-refractivity contribution in [1.82, 2.24) is 5.32 Å². The average Bonchev–Trinajstić information content (AvgIpc) is 2.77. The van der Waals surface area contributed by atoms with Gasteiger partial charge in [0, 0.05) is 6.54 Å². The molecular formula is C22H19F3N2O3S. The average molecular weight is 448 g/mol. The monoisotopic (exact) mass is 448 g/mol. The first-order valence-electron chi connectivity index (χ1n) is 9.23. The molecule has 0 aliphatic rings. The van der Waals surface area contributed by atoms with Crippen molar-refractivity contribution in [2.24, 2.45) is 0 Å². The van der Waals surface area contributed by atoms with E-state index >= 15 is 0 Å². The Morgan fingerprint density at radius 3 is 2.10 bits per heavy atom. The number of nitrogens with one attached hydrogen (secondary N) is 1. The number of amides is 1. The smallest absolute Gasteiger partial charge is 0.350 e. The molecule has 1 N–H and O–H groups in total. The summed E-state index contributed by atoms with van der Waals surface area (Å²) in [5.41, 5.74) is -0.469. The molecule has 0 saturated carbocycles. The largest absolute Gasteiger partial charge is 0.416 e. The summed E-state index contributed by atoms with van der Waals surface area (Å²) in [5, 5.41) is 2.60.